The van der Waals surface area contributed by atoms with E-state index in [4.69, 9.17) is 4.74 Å². The summed E-state index contributed by atoms with van der Waals surface area (Å²) in [5.74, 6) is 1.05. The van der Waals surface area contributed by atoms with E-state index in [2.05, 4.69) is 53.6 Å². The van der Waals surface area contributed by atoms with Crippen molar-refractivity contribution < 1.29 is 9.53 Å². The second-order valence-electron chi connectivity index (χ2n) is 10.0. The number of benzene rings is 1. The van der Waals surface area contributed by atoms with Gasteiger partial charge in [0.15, 0.2) is 0 Å². The molecule has 0 spiro atoms. The number of carbonyl (C=O) groups excluding carboxylic acids is 1. The highest BCUT2D eigenvalue weighted by atomic mass is 16.6. The fraction of sp³-hybridized carbons (Fsp3) is 0.640. The summed E-state index contributed by atoms with van der Waals surface area (Å²) in [5, 5.41) is 0. The zero-order chi connectivity index (χ0) is 20.0. The number of allylic oxidation sites excluding steroid dienone is 1. The minimum Gasteiger partial charge on any atom is -0.462 e. The lowest BCUT2D eigenvalue weighted by Gasteiger charge is -2.50. The molecule has 1 aromatic carbocycles. The largest absolute Gasteiger partial charge is 0.462 e. The highest BCUT2D eigenvalue weighted by Crippen LogP contribution is 2.56. The number of nitrogens with zero attached hydrogens (tertiary/aromatic N) is 2. The molecule has 1 aromatic rings. The average molecular weight is 395 g/mol. The molecule has 2 aliphatic carbocycles. The Morgan fingerprint density at radius 2 is 1.93 bits per heavy atom. The normalized spacial score (nSPS) is 37.8. The first kappa shape index (κ1) is 19.2. The molecule has 5 rings (SSSR count). The summed E-state index contributed by atoms with van der Waals surface area (Å²) < 4.78 is 5.95. The van der Waals surface area contributed by atoms with Crippen LogP contribution >= 0.6 is 0 Å². The number of carbonyl (C=O) groups is 1. The van der Waals surface area contributed by atoms with Gasteiger partial charge in [0.05, 0.1) is 5.92 Å². The quantitative estimate of drug-likeness (QED) is 0.570. The number of anilines is 1. The Bertz CT molecular complexity index is 770. The summed E-state index contributed by atoms with van der Waals surface area (Å²) in [5.41, 5.74) is 3.01. The third-order valence-corrected chi connectivity index (χ3v) is 8.27. The molecule has 0 radical (unpaired) electrons. The number of hydrogen-bond acceptors (Lipinski definition) is 4. The number of para-hydroxylation sites is 1. The van der Waals surface area contributed by atoms with E-state index in [0.29, 0.717) is 11.8 Å². The lowest BCUT2D eigenvalue weighted by molar-refractivity contribution is -0.146. The van der Waals surface area contributed by atoms with Crippen LogP contribution in [0.15, 0.2) is 42.5 Å². The van der Waals surface area contributed by atoms with E-state index in [1.807, 2.05) is 0 Å². The van der Waals surface area contributed by atoms with Crippen LogP contribution in [0.4, 0.5) is 5.69 Å². The van der Waals surface area contributed by atoms with Crippen LogP contribution in [-0.2, 0) is 9.53 Å². The second-order valence-corrected chi connectivity index (χ2v) is 10.0. The lowest BCUT2D eigenvalue weighted by Crippen LogP contribution is -2.50. The summed E-state index contributed by atoms with van der Waals surface area (Å²) in [6.07, 6.45) is 5.92. The van der Waals surface area contributed by atoms with Crippen molar-refractivity contribution in [3.8, 4) is 0 Å². The maximum Gasteiger partial charge on any atom is 0.310 e. The smallest absolute Gasteiger partial charge is 0.310 e. The maximum atomic E-state index is 12.8. The molecule has 2 aliphatic heterocycles. The number of esters is 1. The minimum atomic E-state index is 0.0440. The Morgan fingerprint density at radius 1 is 1.17 bits per heavy atom. The number of fused-ring (bicyclic) bond motifs is 2. The van der Waals surface area contributed by atoms with Crippen molar-refractivity contribution in [1.29, 1.82) is 0 Å². The molecular formula is C25H34N2O2. The van der Waals surface area contributed by atoms with E-state index in [9.17, 15) is 4.79 Å². The predicted molar refractivity (Wildman–Crippen MR) is 116 cm³/mol. The second kappa shape index (κ2) is 7.46. The third-order valence-electron chi connectivity index (χ3n) is 8.27. The molecule has 2 heterocycles. The first-order valence-electron chi connectivity index (χ1n) is 11.4. The zero-order valence-corrected chi connectivity index (χ0v) is 17.7. The molecule has 156 valence electrons. The van der Waals surface area contributed by atoms with Gasteiger partial charge in [-0.1, -0.05) is 37.3 Å². The first-order chi connectivity index (χ1) is 14.0. The summed E-state index contributed by atoms with van der Waals surface area (Å²) in [6, 6.07) is 10.6. The standard InChI is InChI=1S/C25H34N2O2/c1-18-7-6-10-25(2)16-23-20(15-22(18)25)21(24(28)29-23)17-26-11-13-27(14-12-26)19-8-4-3-5-9-19/h3-5,8-9,20-23H,1,6-7,10-17H2,2H3/t20-,21+,22+,23-,25-/m1/s1. The summed E-state index contributed by atoms with van der Waals surface area (Å²) >= 11 is 0. The van der Waals surface area contributed by atoms with E-state index in [-0.39, 0.29) is 23.4 Å². The third kappa shape index (κ3) is 3.50. The van der Waals surface area contributed by atoms with Gasteiger partial charge in [-0.05, 0) is 55.6 Å². The molecule has 29 heavy (non-hydrogen) atoms. The van der Waals surface area contributed by atoms with Crippen molar-refractivity contribution in [3.05, 3.63) is 42.5 Å². The van der Waals surface area contributed by atoms with Gasteiger partial charge in [-0.2, -0.15) is 0 Å². The van der Waals surface area contributed by atoms with Crippen LogP contribution in [-0.4, -0.2) is 49.7 Å². The molecule has 4 aliphatic rings. The van der Waals surface area contributed by atoms with Crippen LogP contribution in [0.2, 0.25) is 0 Å². The van der Waals surface area contributed by atoms with Crippen molar-refractivity contribution >= 4 is 11.7 Å². The van der Waals surface area contributed by atoms with Crippen molar-refractivity contribution in [2.24, 2.45) is 23.2 Å². The minimum absolute atomic E-state index is 0.0440. The zero-order valence-electron chi connectivity index (χ0n) is 17.7. The molecule has 0 bridgehead atoms. The van der Waals surface area contributed by atoms with Crippen LogP contribution < -0.4 is 4.90 Å². The topological polar surface area (TPSA) is 32.8 Å². The van der Waals surface area contributed by atoms with Gasteiger partial charge >= 0.3 is 5.97 Å². The maximum absolute atomic E-state index is 12.8. The van der Waals surface area contributed by atoms with Crippen LogP contribution in [0.1, 0.15) is 39.0 Å². The average Bonchev–Trinajstić information content (AvgIpc) is 3.01. The Kier molecular flexibility index (Phi) is 4.93. The molecule has 0 unspecified atom stereocenters. The molecular weight excluding hydrogens is 360 g/mol. The molecule has 5 atom stereocenters. The van der Waals surface area contributed by atoms with Gasteiger partial charge in [0.2, 0.25) is 0 Å². The highest BCUT2D eigenvalue weighted by molar-refractivity contribution is 5.75. The van der Waals surface area contributed by atoms with Crippen molar-refractivity contribution in [3.63, 3.8) is 0 Å². The van der Waals surface area contributed by atoms with Crippen molar-refractivity contribution in [1.82, 2.24) is 4.90 Å². The van der Waals surface area contributed by atoms with E-state index in [1.54, 1.807) is 0 Å². The lowest BCUT2D eigenvalue weighted by atomic mass is 9.55. The first-order valence-corrected chi connectivity index (χ1v) is 11.4. The van der Waals surface area contributed by atoms with E-state index in [0.717, 1.165) is 45.6 Å². The van der Waals surface area contributed by atoms with Crippen LogP contribution in [0.25, 0.3) is 0 Å². The molecule has 2 saturated heterocycles. The summed E-state index contributed by atoms with van der Waals surface area (Å²) in [4.78, 5) is 17.7. The number of piperazine rings is 1. The van der Waals surface area contributed by atoms with Crippen molar-refractivity contribution in [2.75, 3.05) is 37.6 Å². The summed E-state index contributed by atoms with van der Waals surface area (Å²) in [7, 11) is 0. The van der Waals surface area contributed by atoms with Crippen LogP contribution in [0.3, 0.4) is 0 Å². The number of rotatable bonds is 3. The SMILES string of the molecule is C=C1CCC[C@]2(C)C[C@H]3OC(=O)[C@@H](CN4CCN(c5ccccc5)CC4)[C@H]3C[C@@H]12. The fourth-order valence-electron chi connectivity index (χ4n) is 6.57. The van der Waals surface area contributed by atoms with E-state index in [1.165, 1.54) is 30.5 Å². The Hall–Kier alpha value is -1.81. The molecule has 0 N–H and O–H groups in total. The summed E-state index contributed by atoms with van der Waals surface area (Å²) in [6.45, 7) is 11.8. The van der Waals surface area contributed by atoms with Gasteiger partial charge in [0.1, 0.15) is 6.10 Å². The van der Waals surface area contributed by atoms with Gasteiger partial charge in [0.25, 0.3) is 0 Å². The molecule has 4 fully saturated rings. The molecule has 0 amide bonds. The molecule has 0 aromatic heterocycles. The number of ether oxygens (including phenoxy) is 1. The fourth-order valence-corrected chi connectivity index (χ4v) is 6.57. The van der Waals surface area contributed by atoms with Gasteiger partial charge < -0.3 is 9.64 Å². The Balaban J connectivity index is 1.23. The predicted octanol–water partition coefficient (Wildman–Crippen LogP) is 4.12. The molecule has 2 saturated carbocycles. The number of hydrogen-bond donors (Lipinski definition) is 0. The highest BCUT2D eigenvalue weighted by Gasteiger charge is 2.55. The van der Waals surface area contributed by atoms with Gasteiger partial charge in [-0.25, -0.2) is 0 Å². The van der Waals surface area contributed by atoms with Gasteiger partial charge in [0, 0.05) is 44.3 Å². The monoisotopic (exact) mass is 394 g/mol. The Morgan fingerprint density at radius 3 is 2.69 bits per heavy atom. The van der Waals surface area contributed by atoms with Crippen molar-refractivity contribution in [2.45, 2.75) is 45.1 Å². The van der Waals surface area contributed by atoms with E-state index >= 15 is 0 Å². The van der Waals surface area contributed by atoms with Gasteiger partial charge in [-0.15, -0.1) is 0 Å². The van der Waals surface area contributed by atoms with Crippen LogP contribution in [0, 0.1) is 23.2 Å². The van der Waals surface area contributed by atoms with Gasteiger partial charge in [-0.3, -0.25) is 9.69 Å². The van der Waals surface area contributed by atoms with E-state index < -0.39 is 0 Å². The molecule has 4 nitrogen and oxygen atoms in total. The van der Waals surface area contributed by atoms with Crippen LogP contribution in [0.5, 0.6) is 0 Å². The molecule has 4 heteroatoms. The Labute approximate surface area is 174 Å².